The minimum absolute atomic E-state index is 0.0741. The normalized spacial score (nSPS) is 14.4. The number of halogens is 1. The molecule has 0 aromatic heterocycles. The van der Waals surface area contributed by atoms with Gasteiger partial charge in [0.1, 0.15) is 0 Å². The molecule has 0 amide bonds. The Morgan fingerprint density at radius 2 is 1.33 bits per heavy atom. The van der Waals surface area contributed by atoms with E-state index in [2.05, 4.69) is 5.32 Å². The number of ether oxygens (including phenoxy) is 3. The standard InChI is InChI=1S/C20H25ClN2O5.2C6H6O3S/c1-4-28-20(25)18-15(11-27-10-9-22)23-12(2)16(19(24)26-3)17(18)13-7-5-6-8-14(13)21;2*7-10(8,9)6-4-2-1-3-5-6/h5-8,17,23H,4,9-11,22H2,1-3H3;2*1-5H,(H,7,8,9). The second kappa shape index (κ2) is 19.0. The number of allylic oxidation sites excluding steroid dienone is 1. The maximum Gasteiger partial charge on any atom is 0.336 e. The summed E-state index contributed by atoms with van der Waals surface area (Å²) in [6, 6.07) is 21.9. The Morgan fingerprint density at radius 1 is 0.833 bits per heavy atom. The molecule has 4 rings (SSSR count). The van der Waals surface area contributed by atoms with Gasteiger partial charge in [-0.15, -0.1) is 0 Å². The van der Waals surface area contributed by atoms with E-state index in [0.29, 0.717) is 40.7 Å². The first-order chi connectivity index (χ1) is 22.7. The summed E-state index contributed by atoms with van der Waals surface area (Å²) in [7, 11) is -6.71. The number of hydrogen-bond acceptors (Lipinski definition) is 11. The molecule has 0 bridgehead atoms. The predicted octanol–water partition coefficient (Wildman–Crippen LogP) is 4.13. The summed E-state index contributed by atoms with van der Waals surface area (Å²) in [5.74, 6) is -1.86. The van der Waals surface area contributed by atoms with Crippen molar-refractivity contribution in [2.24, 2.45) is 5.73 Å². The lowest BCUT2D eigenvalue weighted by Gasteiger charge is -2.31. The Bertz CT molecular complexity index is 1750. The van der Waals surface area contributed by atoms with E-state index in [4.69, 9.17) is 40.7 Å². The van der Waals surface area contributed by atoms with Gasteiger partial charge in [-0.05, 0) is 49.7 Å². The first kappa shape index (κ1) is 40.1. The van der Waals surface area contributed by atoms with Gasteiger partial charge in [0.2, 0.25) is 0 Å². The van der Waals surface area contributed by atoms with E-state index >= 15 is 0 Å². The van der Waals surface area contributed by atoms with E-state index in [0.717, 1.165) is 0 Å². The van der Waals surface area contributed by atoms with Crippen LogP contribution in [0, 0.1) is 0 Å². The molecule has 13 nitrogen and oxygen atoms in total. The highest BCUT2D eigenvalue weighted by molar-refractivity contribution is 7.86. The number of hydrogen-bond donors (Lipinski definition) is 4. The number of carbonyl (C=O) groups is 2. The van der Waals surface area contributed by atoms with Crippen molar-refractivity contribution < 1.29 is 49.7 Å². The van der Waals surface area contributed by atoms with Gasteiger partial charge in [0.15, 0.2) is 0 Å². The number of dihydropyridines is 1. The molecular weight excluding hydrogens is 688 g/mol. The number of rotatable bonds is 10. The predicted molar refractivity (Wildman–Crippen MR) is 178 cm³/mol. The first-order valence-electron chi connectivity index (χ1n) is 14.2. The third-order valence-corrected chi connectivity index (χ3v) is 8.43. The second-order valence-corrected chi connectivity index (χ2v) is 12.9. The van der Waals surface area contributed by atoms with Gasteiger partial charge < -0.3 is 25.3 Å². The molecule has 260 valence electrons. The van der Waals surface area contributed by atoms with Crippen molar-refractivity contribution in [2.75, 3.05) is 33.5 Å². The second-order valence-electron chi connectivity index (χ2n) is 9.64. The van der Waals surface area contributed by atoms with Crippen molar-refractivity contribution in [3.63, 3.8) is 0 Å². The smallest absolute Gasteiger partial charge is 0.336 e. The molecular formula is C32H37ClN2O11S2. The molecule has 1 atom stereocenters. The van der Waals surface area contributed by atoms with Crippen molar-refractivity contribution in [2.45, 2.75) is 29.6 Å². The molecule has 0 saturated carbocycles. The topological polar surface area (TPSA) is 209 Å². The van der Waals surface area contributed by atoms with Crippen LogP contribution in [0.2, 0.25) is 5.02 Å². The highest BCUT2D eigenvalue weighted by Crippen LogP contribution is 2.41. The fourth-order valence-corrected chi connectivity index (χ4v) is 5.55. The molecule has 48 heavy (non-hydrogen) atoms. The number of esters is 2. The first-order valence-corrected chi connectivity index (χ1v) is 17.5. The number of benzene rings is 3. The van der Waals surface area contributed by atoms with Crippen molar-refractivity contribution in [1.29, 1.82) is 0 Å². The van der Waals surface area contributed by atoms with Crippen molar-refractivity contribution in [3.8, 4) is 0 Å². The van der Waals surface area contributed by atoms with Crippen LogP contribution in [0.3, 0.4) is 0 Å². The van der Waals surface area contributed by atoms with Crippen LogP contribution >= 0.6 is 11.6 Å². The fourth-order valence-electron chi connectivity index (χ4n) is 4.30. The molecule has 1 heterocycles. The Balaban J connectivity index is 0.000000323. The van der Waals surface area contributed by atoms with Crippen LogP contribution in [-0.4, -0.2) is 71.4 Å². The highest BCUT2D eigenvalue weighted by atomic mass is 35.5. The third kappa shape index (κ3) is 11.9. The van der Waals surface area contributed by atoms with Crippen molar-refractivity contribution in [3.05, 3.63) is 118 Å². The molecule has 0 fully saturated rings. The average Bonchev–Trinajstić information content (AvgIpc) is 3.05. The lowest BCUT2D eigenvalue weighted by molar-refractivity contribution is -0.139. The number of carbonyl (C=O) groups excluding carboxylic acids is 2. The molecule has 0 radical (unpaired) electrons. The number of nitrogens with one attached hydrogen (secondary N) is 1. The Labute approximate surface area is 284 Å². The van der Waals surface area contributed by atoms with Crippen molar-refractivity contribution >= 4 is 43.8 Å². The summed E-state index contributed by atoms with van der Waals surface area (Å²) in [4.78, 5) is 25.3. The summed E-state index contributed by atoms with van der Waals surface area (Å²) in [5, 5.41) is 3.52. The summed E-state index contributed by atoms with van der Waals surface area (Å²) in [6.07, 6.45) is 0. The molecule has 1 aliphatic rings. The van der Waals surface area contributed by atoms with E-state index in [9.17, 15) is 26.4 Å². The number of nitrogens with two attached hydrogens (primary N) is 1. The van der Waals surface area contributed by atoms with E-state index in [-0.39, 0.29) is 28.6 Å². The van der Waals surface area contributed by atoms with Crippen LogP contribution in [-0.2, 0) is 44.0 Å². The van der Waals surface area contributed by atoms with Crippen molar-refractivity contribution in [1.82, 2.24) is 5.32 Å². The zero-order chi connectivity index (χ0) is 35.9. The molecule has 1 aliphatic heterocycles. The lowest BCUT2D eigenvalue weighted by atomic mass is 9.80. The van der Waals surface area contributed by atoms with Gasteiger partial charge >= 0.3 is 11.9 Å². The fraction of sp³-hybridized carbons (Fsp3) is 0.250. The van der Waals surface area contributed by atoms with Crippen LogP contribution in [0.25, 0.3) is 0 Å². The third-order valence-electron chi connectivity index (χ3n) is 6.35. The Morgan fingerprint density at radius 3 is 1.75 bits per heavy atom. The van der Waals surface area contributed by atoms with Gasteiger partial charge in [-0.2, -0.15) is 16.8 Å². The summed E-state index contributed by atoms with van der Waals surface area (Å²) in [6.45, 7) is 4.42. The van der Waals surface area contributed by atoms with E-state index in [1.807, 2.05) is 0 Å². The molecule has 1 unspecified atom stereocenters. The van der Waals surface area contributed by atoms with E-state index in [1.54, 1.807) is 74.5 Å². The molecule has 0 spiro atoms. The molecule has 5 N–H and O–H groups in total. The van der Waals surface area contributed by atoms with Crippen LogP contribution in [0.15, 0.2) is 117 Å². The average molecular weight is 725 g/mol. The van der Waals surface area contributed by atoms with E-state index in [1.165, 1.54) is 31.4 Å². The summed E-state index contributed by atoms with van der Waals surface area (Å²) in [5.41, 5.74) is 7.70. The molecule has 3 aromatic carbocycles. The van der Waals surface area contributed by atoms with Crippen LogP contribution < -0.4 is 11.1 Å². The molecule has 3 aromatic rings. The van der Waals surface area contributed by atoms with Gasteiger partial charge in [-0.3, -0.25) is 9.11 Å². The summed E-state index contributed by atoms with van der Waals surface area (Å²) < 4.78 is 74.3. The maximum atomic E-state index is 12.9. The monoisotopic (exact) mass is 724 g/mol. The highest BCUT2D eigenvalue weighted by Gasteiger charge is 2.39. The van der Waals surface area contributed by atoms with Gasteiger partial charge in [0, 0.05) is 17.3 Å². The SMILES string of the molecule is CCOC(=O)C1=C(COCCN)NC(C)=C(C(=O)OC)C1c1ccccc1Cl.O=S(=O)(O)c1ccccc1.O=S(=O)(O)c1ccccc1. The number of methoxy groups -OCH3 is 1. The summed E-state index contributed by atoms with van der Waals surface area (Å²) >= 11 is 6.42. The zero-order valence-electron chi connectivity index (χ0n) is 26.3. The minimum atomic E-state index is -4.00. The largest absolute Gasteiger partial charge is 0.466 e. The Hall–Kier alpha value is -4.09. The van der Waals surface area contributed by atoms with E-state index < -0.39 is 38.1 Å². The van der Waals surface area contributed by atoms with Gasteiger partial charge in [0.05, 0.1) is 59.5 Å². The van der Waals surface area contributed by atoms with Gasteiger partial charge in [0.25, 0.3) is 20.2 Å². The molecule has 0 aliphatic carbocycles. The Kier molecular flexibility index (Phi) is 15.9. The van der Waals surface area contributed by atoms with Gasteiger partial charge in [-0.1, -0.05) is 66.2 Å². The van der Waals surface area contributed by atoms with Crippen LogP contribution in [0.1, 0.15) is 25.3 Å². The maximum absolute atomic E-state index is 12.9. The van der Waals surface area contributed by atoms with Gasteiger partial charge in [-0.25, -0.2) is 9.59 Å². The molecule has 16 heteroatoms. The lowest BCUT2D eigenvalue weighted by Crippen LogP contribution is -2.35. The molecule has 0 saturated heterocycles. The quantitative estimate of drug-likeness (QED) is 0.132. The minimum Gasteiger partial charge on any atom is -0.466 e. The van der Waals surface area contributed by atoms with Crippen LogP contribution in [0.4, 0.5) is 0 Å². The zero-order valence-corrected chi connectivity index (χ0v) is 28.7. The van der Waals surface area contributed by atoms with Crippen LogP contribution in [0.5, 0.6) is 0 Å².